The molecule has 3 aromatic rings. The van der Waals surface area contributed by atoms with Crippen LogP contribution in [0.3, 0.4) is 0 Å². The highest BCUT2D eigenvalue weighted by Crippen LogP contribution is 2.48. The van der Waals surface area contributed by atoms with Crippen molar-refractivity contribution in [3.63, 3.8) is 0 Å². The second kappa shape index (κ2) is 7.90. The normalized spacial score (nSPS) is 22.1. The zero-order chi connectivity index (χ0) is 23.3. The van der Waals surface area contributed by atoms with Crippen LogP contribution in [0.5, 0.6) is 0 Å². The molecule has 33 heavy (non-hydrogen) atoms. The predicted octanol–water partition coefficient (Wildman–Crippen LogP) is 3.73. The molecule has 168 valence electrons. The third kappa shape index (κ3) is 3.30. The lowest BCUT2D eigenvalue weighted by molar-refractivity contribution is -0.126. The lowest BCUT2D eigenvalue weighted by atomic mass is 9.94. The third-order valence-electron chi connectivity index (χ3n) is 6.07. The standard InChI is InChI=1S/C25H22N2O6/c1-14-6-4-5-7-18(14)27-21(19-13-8-15(2)32-19)20-22(33-27)24(29)26(23(20)28)17-11-9-16(10-12-17)25(30)31-3/h4-13,20-22H,1-3H3/t20-,21+,22-/m1/s1. The minimum atomic E-state index is -0.993. The fraction of sp³-hybridized carbons (Fsp3) is 0.240. The molecule has 0 aliphatic carbocycles. The molecule has 1 aromatic heterocycles. The zero-order valence-corrected chi connectivity index (χ0v) is 18.3. The monoisotopic (exact) mass is 446 g/mol. The molecule has 0 spiro atoms. The predicted molar refractivity (Wildman–Crippen MR) is 118 cm³/mol. The summed E-state index contributed by atoms with van der Waals surface area (Å²) in [6.07, 6.45) is -0.993. The maximum atomic E-state index is 13.6. The molecule has 8 nitrogen and oxygen atoms in total. The Balaban J connectivity index is 1.53. The molecule has 0 unspecified atom stereocenters. The van der Waals surface area contributed by atoms with Gasteiger partial charge < -0.3 is 9.15 Å². The second-order valence-corrected chi connectivity index (χ2v) is 8.11. The number of hydrogen-bond donors (Lipinski definition) is 0. The van der Waals surface area contributed by atoms with Crippen molar-refractivity contribution in [3.8, 4) is 0 Å². The van der Waals surface area contributed by atoms with Crippen LogP contribution in [0.1, 0.15) is 33.5 Å². The first-order valence-electron chi connectivity index (χ1n) is 10.5. The van der Waals surface area contributed by atoms with Gasteiger partial charge in [0.05, 0.1) is 24.0 Å². The number of furan rings is 1. The fourth-order valence-corrected chi connectivity index (χ4v) is 4.45. The Morgan fingerprint density at radius 2 is 1.67 bits per heavy atom. The van der Waals surface area contributed by atoms with E-state index < -0.39 is 29.9 Å². The van der Waals surface area contributed by atoms with Crippen molar-refractivity contribution in [1.29, 1.82) is 0 Å². The molecule has 5 rings (SSSR count). The number of amides is 2. The summed E-state index contributed by atoms with van der Waals surface area (Å²) in [5.74, 6) is -0.880. The Kier molecular flexibility index (Phi) is 5.02. The Labute approximate surface area is 190 Å². The van der Waals surface area contributed by atoms with Crippen LogP contribution in [0.15, 0.2) is 65.1 Å². The largest absolute Gasteiger partial charge is 0.465 e. The van der Waals surface area contributed by atoms with E-state index in [9.17, 15) is 14.4 Å². The molecular formula is C25H22N2O6. The number of rotatable bonds is 4. The van der Waals surface area contributed by atoms with Crippen LogP contribution in [0.4, 0.5) is 11.4 Å². The van der Waals surface area contributed by atoms with E-state index >= 15 is 0 Å². The number of esters is 1. The molecule has 2 saturated heterocycles. The number of fused-ring (bicyclic) bond motifs is 1. The van der Waals surface area contributed by atoms with Crippen LogP contribution in [0.25, 0.3) is 0 Å². The van der Waals surface area contributed by atoms with Crippen molar-refractivity contribution in [1.82, 2.24) is 0 Å². The van der Waals surface area contributed by atoms with Crippen LogP contribution < -0.4 is 9.96 Å². The van der Waals surface area contributed by atoms with E-state index in [0.29, 0.717) is 22.8 Å². The number of methoxy groups -OCH3 is 1. The summed E-state index contributed by atoms with van der Waals surface area (Å²) >= 11 is 0. The Hall–Kier alpha value is -3.91. The molecule has 2 aliphatic rings. The number of carbonyl (C=O) groups is 3. The number of ether oxygens (including phenoxy) is 1. The van der Waals surface area contributed by atoms with Crippen molar-refractivity contribution in [3.05, 3.63) is 83.3 Å². The number of nitrogens with zero attached hydrogens (tertiary/aromatic N) is 2. The summed E-state index contributed by atoms with van der Waals surface area (Å²) in [5.41, 5.74) is 2.40. The molecule has 8 heteroatoms. The Morgan fingerprint density at radius 3 is 2.30 bits per heavy atom. The molecule has 3 heterocycles. The highest BCUT2D eigenvalue weighted by molar-refractivity contribution is 6.24. The number of hydrogen-bond acceptors (Lipinski definition) is 7. The van der Waals surface area contributed by atoms with E-state index in [0.717, 1.165) is 16.2 Å². The van der Waals surface area contributed by atoms with Crippen LogP contribution in [0.2, 0.25) is 0 Å². The summed E-state index contributed by atoms with van der Waals surface area (Å²) in [6, 6.07) is 16.8. The van der Waals surface area contributed by atoms with Crippen LogP contribution >= 0.6 is 0 Å². The average molecular weight is 446 g/mol. The maximum absolute atomic E-state index is 13.6. The van der Waals surface area contributed by atoms with Gasteiger partial charge in [0, 0.05) is 0 Å². The minimum absolute atomic E-state index is 0.325. The summed E-state index contributed by atoms with van der Waals surface area (Å²) in [6.45, 7) is 3.77. The van der Waals surface area contributed by atoms with Gasteiger partial charge in [0.2, 0.25) is 5.91 Å². The number of benzene rings is 2. The smallest absolute Gasteiger partial charge is 0.337 e. The number of hydroxylamine groups is 1. The maximum Gasteiger partial charge on any atom is 0.337 e. The van der Waals surface area contributed by atoms with Gasteiger partial charge in [-0.05, 0) is 61.9 Å². The van der Waals surface area contributed by atoms with Crippen molar-refractivity contribution in [2.24, 2.45) is 5.92 Å². The summed E-state index contributed by atoms with van der Waals surface area (Å²) in [4.78, 5) is 45.9. The number of para-hydroxylation sites is 1. The van der Waals surface area contributed by atoms with Gasteiger partial charge in [-0.2, -0.15) is 0 Å². The van der Waals surface area contributed by atoms with E-state index in [4.69, 9.17) is 14.0 Å². The van der Waals surface area contributed by atoms with Gasteiger partial charge in [0.1, 0.15) is 23.5 Å². The quantitative estimate of drug-likeness (QED) is 0.446. The van der Waals surface area contributed by atoms with E-state index in [1.54, 1.807) is 17.2 Å². The van der Waals surface area contributed by atoms with E-state index in [1.165, 1.54) is 19.2 Å². The topological polar surface area (TPSA) is 89.3 Å². The number of anilines is 2. The number of imide groups is 1. The first kappa shape index (κ1) is 21.0. The van der Waals surface area contributed by atoms with Gasteiger partial charge in [-0.15, -0.1) is 0 Å². The zero-order valence-electron chi connectivity index (χ0n) is 18.3. The molecule has 0 radical (unpaired) electrons. The minimum Gasteiger partial charge on any atom is -0.465 e. The third-order valence-corrected chi connectivity index (χ3v) is 6.07. The van der Waals surface area contributed by atoms with Gasteiger partial charge in [0.15, 0.2) is 6.10 Å². The highest BCUT2D eigenvalue weighted by Gasteiger charge is 2.61. The highest BCUT2D eigenvalue weighted by atomic mass is 16.7. The Morgan fingerprint density at radius 1 is 0.939 bits per heavy atom. The Bertz CT molecular complexity index is 1250. The van der Waals surface area contributed by atoms with Gasteiger partial charge in [-0.1, -0.05) is 18.2 Å². The van der Waals surface area contributed by atoms with E-state index in [1.807, 2.05) is 50.2 Å². The molecule has 2 amide bonds. The van der Waals surface area contributed by atoms with Crippen LogP contribution in [0, 0.1) is 19.8 Å². The molecule has 2 aliphatic heterocycles. The second-order valence-electron chi connectivity index (χ2n) is 8.11. The molecular weight excluding hydrogens is 424 g/mol. The van der Waals surface area contributed by atoms with Gasteiger partial charge in [-0.3, -0.25) is 14.4 Å². The van der Waals surface area contributed by atoms with Crippen molar-refractivity contribution in [2.45, 2.75) is 26.0 Å². The van der Waals surface area contributed by atoms with Crippen LogP contribution in [-0.2, 0) is 19.2 Å². The van der Waals surface area contributed by atoms with Gasteiger partial charge >= 0.3 is 5.97 Å². The molecule has 3 atom stereocenters. The number of carbonyl (C=O) groups excluding carboxylic acids is 3. The molecule has 2 aromatic carbocycles. The molecule has 0 N–H and O–H groups in total. The molecule has 2 fully saturated rings. The van der Waals surface area contributed by atoms with Crippen molar-refractivity contribution >= 4 is 29.2 Å². The van der Waals surface area contributed by atoms with E-state index in [-0.39, 0.29) is 5.91 Å². The fourth-order valence-electron chi connectivity index (χ4n) is 4.45. The summed E-state index contributed by atoms with van der Waals surface area (Å²) in [7, 11) is 1.29. The summed E-state index contributed by atoms with van der Waals surface area (Å²) in [5, 5.41) is 1.62. The van der Waals surface area contributed by atoms with Gasteiger partial charge in [-0.25, -0.2) is 14.8 Å². The van der Waals surface area contributed by atoms with Gasteiger partial charge in [0.25, 0.3) is 5.91 Å². The molecule has 0 bridgehead atoms. The summed E-state index contributed by atoms with van der Waals surface area (Å²) < 4.78 is 10.6. The molecule has 0 saturated carbocycles. The van der Waals surface area contributed by atoms with Crippen molar-refractivity contribution < 1.29 is 28.4 Å². The lowest BCUT2D eigenvalue weighted by Gasteiger charge is -2.28. The van der Waals surface area contributed by atoms with Crippen LogP contribution in [-0.4, -0.2) is 31.0 Å². The number of aryl methyl sites for hydroxylation is 2. The SMILES string of the molecule is COC(=O)c1ccc(N2C(=O)[C@H]3[C@@H](ON(c4ccccc4C)[C@H]3c3ccc(C)o3)C2=O)cc1. The van der Waals surface area contributed by atoms with E-state index in [2.05, 4.69) is 0 Å². The van der Waals surface area contributed by atoms with Crippen molar-refractivity contribution in [2.75, 3.05) is 17.1 Å². The average Bonchev–Trinajstić information content (AvgIpc) is 3.48. The lowest BCUT2D eigenvalue weighted by Crippen LogP contribution is -2.37. The first-order chi connectivity index (χ1) is 15.9. The first-order valence-corrected chi connectivity index (χ1v) is 10.5.